The minimum absolute atomic E-state index is 0.221. The van der Waals surface area contributed by atoms with Crippen molar-refractivity contribution >= 4 is 22.6 Å². The van der Waals surface area contributed by atoms with E-state index in [1.807, 2.05) is 0 Å². The van der Waals surface area contributed by atoms with Crippen LogP contribution in [0, 0.1) is 5.82 Å². The molecule has 2 aromatic rings. The molecule has 0 saturated carbocycles. The highest BCUT2D eigenvalue weighted by atomic mass is 35.5. The molecule has 14 heavy (non-hydrogen) atoms. The Bertz CT molecular complexity index is 478. The Hall–Kier alpha value is -1.06. The lowest BCUT2D eigenvalue weighted by molar-refractivity contribution is 0.513. The molecule has 74 valence electrons. The Morgan fingerprint density at radius 3 is 2.79 bits per heavy atom. The molecular weight excluding hydrogens is 205 g/mol. The van der Waals surface area contributed by atoms with E-state index in [0.717, 1.165) is 0 Å². The SMILES string of the molecule is CC(N)c1cc2cc(F)cc(Cl)c2o1. The second-order valence-electron chi connectivity index (χ2n) is 3.24. The van der Waals surface area contributed by atoms with Crippen molar-refractivity contribution in [1.29, 1.82) is 0 Å². The van der Waals surface area contributed by atoms with Crippen LogP contribution in [0.1, 0.15) is 18.7 Å². The van der Waals surface area contributed by atoms with Crippen molar-refractivity contribution in [2.24, 2.45) is 5.73 Å². The predicted molar refractivity (Wildman–Crippen MR) is 53.8 cm³/mol. The molecule has 1 unspecified atom stereocenters. The molecule has 0 bridgehead atoms. The third-order valence-corrected chi connectivity index (χ3v) is 2.28. The number of nitrogens with two attached hydrogens (primary N) is 1. The molecule has 0 radical (unpaired) electrons. The van der Waals surface area contributed by atoms with E-state index in [-0.39, 0.29) is 16.9 Å². The molecule has 2 nitrogen and oxygen atoms in total. The molecule has 0 aliphatic heterocycles. The summed E-state index contributed by atoms with van der Waals surface area (Å²) < 4.78 is 18.3. The van der Waals surface area contributed by atoms with E-state index in [9.17, 15) is 4.39 Å². The van der Waals surface area contributed by atoms with Crippen molar-refractivity contribution < 1.29 is 8.81 Å². The van der Waals surface area contributed by atoms with E-state index < -0.39 is 0 Å². The molecule has 0 aliphatic rings. The number of hydrogen-bond donors (Lipinski definition) is 1. The van der Waals surface area contributed by atoms with Crippen molar-refractivity contribution in [3.05, 3.63) is 34.8 Å². The van der Waals surface area contributed by atoms with Gasteiger partial charge < -0.3 is 10.2 Å². The summed E-state index contributed by atoms with van der Waals surface area (Å²) in [4.78, 5) is 0. The smallest absolute Gasteiger partial charge is 0.153 e. The second-order valence-corrected chi connectivity index (χ2v) is 3.65. The van der Waals surface area contributed by atoms with Crippen LogP contribution in [0.2, 0.25) is 5.02 Å². The summed E-state index contributed by atoms with van der Waals surface area (Å²) in [6, 6.07) is 4.07. The number of hydrogen-bond acceptors (Lipinski definition) is 2. The monoisotopic (exact) mass is 213 g/mol. The number of fused-ring (bicyclic) bond motifs is 1. The summed E-state index contributed by atoms with van der Waals surface area (Å²) in [6.45, 7) is 1.79. The molecule has 2 N–H and O–H groups in total. The van der Waals surface area contributed by atoms with Crippen LogP contribution >= 0.6 is 11.6 Å². The quantitative estimate of drug-likeness (QED) is 0.790. The van der Waals surface area contributed by atoms with Crippen LogP contribution in [-0.2, 0) is 0 Å². The lowest BCUT2D eigenvalue weighted by Crippen LogP contribution is -2.02. The first-order valence-electron chi connectivity index (χ1n) is 4.22. The summed E-state index contributed by atoms with van der Waals surface area (Å²) in [5, 5.41) is 0.911. The Balaban J connectivity index is 2.70. The molecule has 1 aromatic heterocycles. The molecule has 1 aromatic carbocycles. The molecule has 1 heterocycles. The maximum absolute atomic E-state index is 13.0. The van der Waals surface area contributed by atoms with Crippen LogP contribution in [-0.4, -0.2) is 0 Å². The molecule has 1 atom stereocenters. The molecule has 0 amide bonds. The van der Waals surface area contributed by atoms with Gasteiger partial charge in [-0.15, -0.1) is 0 Å². The third kappa shape index (κ3) is 1.49. The Labute approximate surface area is 85.4 Å². The van der Waals surface area contributed by atoms with Gasteiger partial charge in [-0.3, -0.25) is 0 Å². The van der Waals surface area contributed by atoms with Gasteiger partial charge in [0.05, 0.1) is 11.1 Å². The highest BCUT2D eigenvalue weighted by molar-refractivity contribution is 6.34. The topological polar surface area (TPSA) is 39.2 Å². The molecule has 0 fully saturated rings. The van der Waals surface area contributed by atoms with Gasteiger partial charge in [0.25, 0.3) is 0 Å². The molecule has 2 rings (SSSR count). The fourth-order valence-electron chi connectivity index (χ4n) is 1.32. The summed E-state index contributed by atoms with van der Waals surface area (Å²) in [5.74, 6) is 0.229. The Morgan fingerprint density at radius 1 is 1.43 bits per heavy atom. The highest BCUT2D eigenvalue weighted by Gasteiger charge is 2.11. The first kappa shape index (κ1) is 9.49. The van der Waals surface area contributed by atoms with E-state index in [4.69, 9.17) is 21.8 Å². The van der Waals surface area contributed by atoms with Crippen molar-refractivity contribution in [2.75, 3.05) is 0 Å². The van der Waals surface area contributed by atoms with Gasteiger partial charge in [0.15, 0.2) is 5.58 Å². The summed E-state index contributed by atoms with van der Waals surface area (Å²) in [6.07, 6.45) is 0. The van der Waals surface area contributed by atoms with E-state index >= 15 is 0 Å². The van der Waals surface area contributed by atoms with Gasteiger partial charge in [-0.2, -0.15) is 0 Å². The Morgan fingerprint density at radius 2 is 2.14 bits per heavy atom. The summed E-state index contributed by atoms with van der Waals surface area (Å²) >= 11 is 5.81. The van der Waals surface area contributed by atoms with Crippen LogP contribution < -0.4 is 5.73 Å². The zero-order valence-corrected chi connectivity index (χ0v) is 8.31. The van der Waals surface area contributed by atoms with Gasteiger partial charge in [-0.25, -0.2) is 4.39 Å². The van der Waals surface area contributed by atoms with Gasteiger partial charge in [0.1, 0.15) is 11.6 Å². The van der Waals surface area contributed by atoms with Crippen LogP contribution in [0.4, 0.5) is 4.39 Å². The van der Waals surface area contributed by atoms with Gasteiger partial charge >= 0.3 is 0 Å². The van der Waals surface area contributed by atoms with Crippen molar-refractivity contribution in [1.82, 2.24) is 0 Å². The van der Waals surface area contributed by atoms with E-state index in [1.54, 1.807) is 13.0 Å². The number of benzene rings is 1. The van der Waals surface area contributed by atoms with Gasteiger partial charge in [0.2, 0.25) is 0 Å². The predicted octanol–water partition coefficient (Wildman–Crippen LogP) is 3.25. The number of halogens is 2. The first-order valence-corrected chi connectivity index (χ1v) is 4.60. The van der Waals surface area contributed by atoms with Crippen LogP contribution in [0.5, 0.6) is 0 Å². The van der Waals surface area contributed by atoms with Gasteiger partial charge in [0, 0.05) is 5.39 Å². The fraction of sp³-hybridized carbons (Fsp3) is 0.200. The van der Waals surface area contributed by atoms with Gasteiger partial charge in [-0.1, -0.05) is 11.6 Å². The second kappa shape index (κ2) is 3.26. The molecule has 0 aliphatic carbocycles. The highest BCUT2D eigenvalue weighted by Crippen LogP contribution is 2.29. The van der Waals surface area contributed by atoms with E-state index in [1.165, 1.54) is 12.1 Å². The van der Waals surface area contributed by atoms with Crippen molar-refractivity contribution in [3.63, 3.8) is 0 Å². The largest absolute Gasteiger partial charge is 0.458 e. The summed E-state index contributed by atoms with van der Waals surface area (Å²) in [5.41, 5.74) is 6.12. The molecular formula is C10H9ClFNO. The maximum Gasteiger partial charge on any atom is 0.153 e. The summed E-state index contributed by atoms with van der Waals surface area (Å²) in [7, 11) is 0. The van der Waals surface area contributed by atoms with Gasteiger partial charge in [-0.05, 0) is 25.1 Å². The van der Waals surface area contributed by atoms with E-state index in [2.05, 4.69) is 0 Å². The zero-order valence-electron chi connectivity index (χ0n) is 7.55. The minimum atomic E-state index is -0.375. The number of rotatable bonds is 1. The van der Waals surface area contributed by atoms with Crippen LogP contribution in [0.15, 0.2) is 22.6 Å². The normalized spacial score (nSPS) is 13.4. The number of furan rings is 1. The van der Waals surface area contributed by atoms with Crippen LogP contribution in [0.25, 0.3) is 11.0 Å². The Kier molecular flexibility index (Phi) is 2.21. The standard InChI is InChI=1S/C10H9ClFNO/c1-5(13)9-3-6-2-7(12)4-8(11)10(6)14-9/h2-5H,13H2,1H3. The zero-order chi connectivity index (χ0) is 10.3. The van der Waals surface area contributed by atoms with Crippen LogP contribution in [0.3, 0.4) is 0 Å². The minimum Gasteiger partial charge on any atom is -0.458 e. The lowest BCUT2D eigenvalue weighted by Gasteiger charge is -1.97. The maximum atomic E-state index is 13.0. The first-order chi connectivity index (χ1) is 6.58. The fourth-order valence-corrected chi connectivity index (χ4v) is 1.57. The molecule has 0 spiro atoms. The molecule has 4 heteroatoms. The third-order valence-electron chi connectivity index (χ3n) is 2.00. The van der Waals surface area contributed by atoms with E-state index in [0.29, 0.717) is 16.7 Å². The average molecular weight is 214 g/mol. The average Bonchev–Trinajstić information content (AvgIpc) is 2.47. The van der Waals surface area contributed by atoms with Crippen molar-refractivity contribution in [3.8, 4) is 0 Å². The van der Waals surface area contributed by atoms with Crippen molar-refractivity contribution in [2.45, 2.75) is 13.0 Å². The molecule has 0 saturated heterocycles. The lowest BCUT2D eigenvalue weighted by atomic mass is 10.2.